The molecule has 3 nitrogen and oxygen atoms in total. The molecule has 0 atom stereocenters. The summed E-state index contributed by atoms with van der Waals surface area (Å²) < 4.78 is 14.2. The quantitative estimate of drug-likeness (QED) is 0.782. The van der Waals surface area contributed by atoms with Crippen LogP contribution in [0.25, 0.3) is 22.0 Å². The van der Waals surface area contributed by atoms with E-state index in [1.165, 1.54) is 12.1 Å². The molecule has 5 heteroatoms. The molecule has 1 amide bonds. The second kappa shape index (κ2) is 5.14. The van der Waals surface area contributed by atoms with Gasteiger partial charge in [-0.2, -0.15) is 0 Å². The molecule has 0 aliphatic carbocycles. The Labute approximate surface area is 125 Å². The monoisotopic (exact) mass is 300 g/mol. The molecule has 0 spiro atoms. The van der Waals surface area contributed by atoms with Gasteiger partial charge in [0.25, 0.3) is 5.91 Å². The Hall–Kier alpha value is -2.46. The van der Waals surface area contributed by atoms with Crippen LogP contribution in [0.15, 0.2) is 48.5 Å². The summed E-state index contributed by atoms with van der Waals surface area (Å²) in [5, 5.41) is 1.05. The molecule has 2 N–H and O–H groups in total. The minimum Gasteiger partial charge on any atom is -0.364 e. The number of halogens is 2. The summed E-state index contributed by atoms with van der Waals surface area (Å²) in [7, 11) is 0. The van der Waals surface area contributed by atoms with Gasteiger partial charge in [0.2, 0.25) is 0 Å². The minimum atomic E-state index is -0.656. The molecule has 0 fully saturated rings. The summed E-state index contributed by atoms with van der Waals surface area (Å²) in [6.07, 6.45) is 0. The van der Waals surface area contributed by atoms with E-state index in [4.69, 9.17) is 17.3 Å². The molecular weight excluding hydrogens is 291 g/mol. The molecule has 1 aromatic heterocycles. The topological polar surface area (TPSA) is 56.0 Å². The zero-order valence-electron chi connectivity index (χ0n) is 10.8. The zero-order valence-corrected chi connectivity index (χ0v) is 11.6. The second-order valence-electron chi connectivity index (χ2n) is 4.56. The van der Waals surface area contributed by atoms with Gasteiger partial charge in [0.05, 0.1) is 5.52 Å². The van der Waals surface area contributed by atoms with Crippen molar-refractivity contribution in [3.8, 4) is 11.1 Å². The van der Waals surface area contributed by atoms with Crippen molar-refractivity contribution >= 4 is 28.4 Å². The lowest BCUT2D eigenvalue weighted by atomic mass is 9.99. The largest absolute Gasteiger partial charge is 0.364 e. The number of carbonyl (C=O) groups is 1. The van der Waals surface area contributed by atoms with E-state index < -0.39 is 11.7 Å². The first-order valence-electron chi connectivity index (χ1n) is 6.21. The van der Waals surface area contributed by atoms with Crippen LogP contribution in [0.1, 0.15) is 10.5 Å². The van der Waals surface area contributed by atoms with E-state index in [9.17, 15) is 9.18 Å². The summed E-state index contributed by atoms with van der Waals surface area (Å²) in [6, 6.07) is 13.1. The average molecular weight is 301 g/mol. The zero-order chi connectivity index (χ0) is 15.0. The van der Waals surface area contributed by atoms with Crippen LogP contribution in [0.2, 0.25) is 5.02 Å². The molecule has 0 bridgehead atoms. The van der Waals surface area contributed by atoms with Crippen molar-refractivity contribution < 1.29 is 9.18 Å². The van der Waals surface area contributed by atoms with Crippen LogP contribution < -0.4 is 5.73 Å². The number of benzene rings is 2. The molecule has 2 aromatic carbocycles. The average Bonchev–Trinajstić information content (AvgIpc) is 2.46. The van der Waals surface area contributed by atoms with E-state index in [1.807, 2.05) is 12.1 Å². The highest BCUT2D eigenvalue weighted by Gasteiger charge is 2.14. The van der Waals surface area contributed by atoms with Gasteiger partial charge in [-0.15, -0.1) is 0 Å². The van der Waals surface area contributed by atoms with Crippen molar-refractivity contribution in [1.82, 2.24) is 4.98 Å². The Morgan fingerprint density at radius 3 is 2.57 bits per heavy atom. The fourth-order valence-electron chi connectivity index (χ4n) is 2.23. The normalized spacial score (nSPS) is 10.8. The van der Waals surface area contributed by atoms with E-state index in [2.05, 4.69) is 4.98 Å². The number of aromatic nitrogens is 1. The van der Waals surface area contributed by atoms with Crippen LogP contribution in [-0.2, 0) is 0 Å². The third kappa shape index (κ3) is 2.45. The summed E-state index contributed by atoms with van der Waals surface area (Å²) >= 11 is 5.78. The number of pyridine rings is 1. The number of nitrogens with two attached hydrogens (primary N) is 1. The Morgan fingerprint density at radius 1 is 1.10 bits per heavy atom. The van der Waals surface area contributed by atoms with Crippen LogP contribution in [0.5, 0.6) is 0 Å². The van der Waals surface area contributed by atoms with Gasteiger partial charge in [0.1, 0.15) is 11.5 Å². The summed E-state index contributed by atoms with van der Waals surface area (Å²) in [5.74, 6) is -1.12. The van der Waals surface area contributed by atoms with Crippen molar-refractivity contribution in [3.63, 3.8) is 0 Å². The molecule has 0 radical (unpaired) electrons. The summed E-state index contributed by atoms with van der Waals surface area (Å²) in [4.78, 5) is 15.6. The van der Waals surface area contributed by atoms with Crippen LogP contribution in [0.3, 0.4) is 0 Å². The second-order valence-corrected chi connectivity index (χ2v) is 5.00. The number of hydrogen-bond donors (Lipinski definition) is 1. The number of para-hydroxylation sites is 1. The predicted molar refractivity (Wildman–Crippen MR) is 80.7 cm³/mol. The van der Waals surface area contributed by atoms with Gasteiger partial charge in [0.15, 0.2) is 0 Å². The van der Waals surface area contributed by atoms with E-state index in [1.54, 1.807) is 24.3 Å². The van der Waals surface area contributed by atoms with Gasteiger partial charge in [-0.25, -0.2) is 9.37 Å². The third-order valence-corrected chi connectivity index (χ3v) is 3.43. The molecule has 104 valence electrons. The van der Waals surface area contributed by atoms with Crippen molar-refractivity contribution in [2.75, 3.05) is 0 Å². The van der Waals surface area contributed by atoms with Crippen molar-refractivity contribution in [3.05, 3.63) is 65.1 Å². The van der Waals surface area contributed by atoms with Crippen LogP contribution in [0, 0.1) is 5.82 Å². The van der Waals surface area contributed by atoms with Crippen LogP contribution >= 0.6 is 11.6 Å². The third-order valence-electron chi connectivity index (χ3n) is 3.19. The van der Waals surface area contributed by atoms with E-state index in [-0.39, 0.29) is 5.69 Å². The Bertz CT molecular complexity index is 864. The summed E-state index contributed by atoms with van der Waals surface area (Å²) in [6.45, 7) is 0. The molecule has 21 heavy (non-hydrogen) atoms. The van der Waals surface area contributed by atoms with Gasteiger partial charge in [-0.3, -0.25) is 4.79 Å². The first kappa shape index (κ1) is 13.5. The van der Waals surface area contributed by atoms with E-state index >= 15 is 0 Å². The lowest BCUT2D eigenvalue weighted by Gasteiger charge is -2.09. The highest BCUT2D eigenvalue weighted by atomic mass is 35.5. The van der Waals surface area contributed by atoms with Crippen molar-refractivity contribution in [1.29, 1.82) is 0 Å². The maximum atomic E-state index is 14.2. The molecule has 1 heterocycles. The fraction of sp³-hybridized carbons (Fsp3) is 0. The summed E-state index contributed by atoms with van der Waals surface area (Å²) in [5.41, 5.74) is 6.88. The Morgan fingerprint density at radius 2 is 1.86 bits per heavy atom. The number of nitrogens with zero attached hydrogens (tertiary/aromatic N) is 1. The number of carbonyl (C=O) groups excluding carboxylic acids is 1. The molecule has 3 aromatic rings. The smallest absolute Gasteiger partial charge is 0.267 e. The molecule has 0 aliphatic rings. The predicted octanol–water partition coefficient (Wildman–Crippen LogP) is 3.79. The van der Waals surface area contributed by atoms with E-state index in [0.717, 1.165) is 5.39 Å². The highest BCUT2D eigenvalue weighted by molar-refractivity contribution is 6.30. The molecular formula is C16H10ClFN2O. The number of hydrogen-bond acceptors (Lipinski definition) is 2. The number of primary amides is 1. The van der Waals surface area contributed by atoms with Gasteiger partial charge < -0.3 is 5.73 Å². The molecule has 3 rings (SSSR count). The van der Waals surface area contributed by atoms with Crippen molar-refractivity contribution in [2.45, 2.75) is 0 Å². The van der Waals surface area contributed by atoms with Gasteiger partial charge in [-0.05, 0) is 35.9 Å². The lowest BCUT2D eigenvalue weighted by molar-refractivity contribution is 0.0996. The Kier molecular flexibility index (Phi) is 3.31. The molecule has 0 aliphatic heterocycles. The van der Waals surface area contributed by atoms with Crippen molar-refractivity contribution in [2.24, 2.45) is 5.73 Å². The molecule has 0 saturated carbocycles. The standard InChI is InChI=1S/C16H10ClFN2O/c17-9-5-6-10(13(18)7-9)12-8-15(16(19)21)20-14-4-2-1-3-11(12)14/h1-8H,(H2,19,21). The van der Waals surface area contributed by atoms with Gasteiger partial charge >= 0.3 is 0 Å². The number of fused-ring (bicyclic) bond motifs is 1. The lowest BCUT2D eigenvalue weighted by Crippen LogP contribution is -2.13. The number of rotatable bonds is 2. The van der Waals surface area contributed by atoms with Gasteiger partial charge in [-0.1, -0.05) is 29.8 Å². The first-order chi connectivity index (χ1) is 10.1. The van der Waals surface area contributed by atoms with Crippen LogP contribution in [0.4, 0.5) is 4.39 Å². The van der Waals surface area contributed by atoms with Crippen LogP contribution in [-0.4, -0.2) is 10.9 Å². The molecule has 0 saturated heterocycles. The number of amides is 1. The maximum absolute atomic E-state index is 14.2. The maximum Gasteiger partial charge on any atom is 0.267 e. The Balaban J connectivity index is 2.37. The molecule has 0 unspecified atom stereocenters. The fourth-order valence-corrected chi connectivity index (χ4v) is 2.39. The van der Waals surface area contributed by atoms with E-state index in [0.29, 0.717) is 21.7 Å². The minimum absolute atomic E-state index is 0.0954. The first-order valence-corrected chi connectivity index (χ1v) is 6.59. The SMILES string of the molecule is NC(=O)c1cc(-c2ccc(Cl)cc2F)c2ccccc2n1. The van der Waals surface area contributed by atoms with Gasteiger partial charge in [0, 0.05) is 16.0 Å². The highest BCUT2D eigenvalue weighted by Crippen LogP contribution is 2.31.